The van der Waals surface area contributed by atoms with E-state index < -0.39 is 0 Å². The molecule has 1 aliphatic rings. The van der Waals surface area contributed by atoms with Crippen molar-refractivity contribution >= 4 is 21.8 Å². The molecule has 0 unspecified atom stereocenters. The minimum atomic E-state index is -0.171. The molecule has 0 saturated carbocycles. The van der Waals surface area contributed by atoms with Gasteiger partial charge in [0.15, 0.2) is 0 Å². The highest BCUT2D eigenvalue weighted by molar-refractivity contribution is 9.10. The minimum absolute atomic E-state index is 0.00340. The number of rotatable bonds is 1. The zero-order valence-electron chi connectivity index (χ0n) is 7.98. The van der Waals surface area contributed by atoms with Gasteiger partial charge in [-0.05, 0) is 18.2 Å². The fourth-order valence-corrected chi connectivity index (χ4v) is 1.89. The highest BCUT2D eigenvalue weighted by Crippen LogP contribution is 2.24. The third kappa shape index (κ3) is 1.98. The first-order chi connectivity index (χ1) is 7.08. The van der Waals surface area contributed by atoms with Crippen LogP contribution in [0.2, 0.25) is 0 Å². The Bertz CT molecular complexity index is 402. The number of carbonyl (C=O) groups excluding carboxylic acids is 1. The summed E-state index contributed by atoms with van der Waals surface area (Å²) in [5.74, 6) is -0.167. The molecule has 15 heavy (non-hydrogen) atoms. The lowest BCUT2D eigenvalue weighted by Gasteiger charge is -2.36. The maximum Gasteiger partial charge on any atom is 0.257 e. The van der Waals surface area contributed by atoms with Crippen LogP contribution in [0.3, 0.4) is 0 Å². The average molecular weight is 271 g/mol. The van der Waals surface area contributed by atoms with Crippen LogP contribution in [0.4, 0.5) is 0 Å². The van der Waals surface area contributed by atoms with Gasteiger partial charge in [-0.15, -0.1) is 0 Å². The smallest absolute Gasteiger partial charge is 0.257 e. The van der Waals surface area contributed by atoms with E-state index in [1.165, 1.54) is 6.07 Å². The lowest BCUT2D eigenvalue weighted by molar-refractivity contribution is 0.0605. The number of phenolic OH excluding ortho intramolecular Hbond substituents is 1. The van der Waals surface area contributed by atoms with Gasteiger partial charge in [0.1, 0.15) is 5.75 Å². The molecule has 4 nitrogen and oxygen atoms in total. The summed E-state index contributed by atoms with van der Waals surface area (Å²) >= 11 is 3.26. The van der Waals surface area contributed by atoms with Crippen molar-refractivity contribution in [2.45, 2.75) is 6.04 Å². The monoisotopic (exact) mass is 270 g/mol. The predicted molar refractivity (Wildman–Crippen MR) is 59.7 cm³/mol. The normalized spacial score (nSPS) is 16.3. The standard InChI is InChI=1S/C10H11BrN2O2/c11-6-1-2-9(14)8(3-6)10(15)13-4-7(12)5-13/h1-3,7,14H,4-5,12H2. The van der Waals surface area contributed by atoms with Crippen LogP contribution in [0, 0.1) is 0 Å². The topological polar surface area (TPSA) is 66.6 Å². The first-order valence-corrected chi connectivity index (χ1v) is 5.40. The van der Waals surface area contributed by atoms with E-state index in [9.17, 15) is 9.90 Å². The van der Waals surface area contributed by atoms with Crippen LogP contribution >= 0.6 is 15.9 Å². The molecule has 1 aromatic carbocycles. The average Bonchev–Trinajstić information content (AvgIpc) is 2.16. The number of phenols is 1. The molecule has 1 saturated heterocycles. The Balaban J connectivity index is 2.22. The molecule has 0 aromatic heterocycles. The zero-order chi connectivity index (χ0) is 11.0. The van der Waals surface area contributed by atoms with Gasteiger partial charge >= 0.3 is 0 Å². The minimum Gasteiger partial charge on any atom is -0.507 e. The van der Waals surface area contributed by atoms with Crippen LogP contribution in [-0.2, 0) is 0 Å². The van der Waals surface area contributed by atoms with E-state index in [-0.39, 0.29) is 17.7 Å². The maximum atomic E-state index is 11.8. The summed E-state index contributed by atoms with van der Waals surface area (Å²) in [5, 5.41) is 9.54. The van der Waals surface area contributed by atoms with Crippen LogP contribution in [0.15, 0.2) is 22.7 Å². The molecule has 1 aliphatic heterocycles. The second-order valence-electron chi connectivity index (χ2n) is 3.63. The fourth-order valence-electron chi connectivity index (χ4n) is 1.53. The quantitative estimate of drug-likeness (QED) is 0.798. The molecule has 0 aliphatic carbocycles. The van der Waals surface area contributed by atoms with Gasteiger partial charge in [0.25, 0.3) is 5.91 Å². The van der Waals surface area contributed by atoms with Gasteiger partial charge in [-0.1, -0.05) is 15.9 Å². The first-order valence-electron chi connectivity index (χ1n) is 4.61. The molecule has 80 valence electrons. The van der Waals surface area contributed by atoms with Gasteiger partial charge in [0.05, 0.1) is 5.56 Å². The first kappa shape index (κ1) is 10.4. The Morgan fingerprint density at radius 3 is 2.80 bits per heavy atom. The molecule has 1 aromatic rings. The summed E-state index contributed by atoms with van der Waals surface area (Å²) in [6.07, 6.45) is 0. The second kappa shape index (κ2) is 3.83. The van der Waals surface area contributed by atoms with Crippen LogP contribution < -0.4 is 5.73 Å². The van der Waals surface area contributed by atoms with Crippen molar-refractivity contribution in [3.8, 4) is 5.75 Å². The van der Waals surface area contributed by atoms with Crippen molar-refractivity contribution in [3.63, 3.8) is 0 Å². The van der Waals surface area contributed by atoms with Crippen LogP contribution in [0.1, 0.15) is 10.4 Å². The van der Waals surface area contributed by atoms with Crippen molar-refractivity contribution < 1.29 is 9.90 Å². The van der Waals surface area contributed by atoms with Gasteiger partial charge < -0.3 is 15.7 Å². The molecule has 0 radical (unpaired) electrons. The summed E-state index contributed by atoms with van der Waals surface area (Å²) in [5.41, 5.74) is 5.90. The van der Waals surface area contributed by atoms with Crippen molar-refractivity contribution in [3.05, 3.63) is 28.2 Å². The number of likely N-dealkylation sites (tertiary alicyclic amines) is 1. The second-order valence-corrected chi connectivity index (χ2v) is 4.55. The maximum absolute atomic E-state index is 11.8. The number of nitrogens with two attached hydrogens (primary N) is 1. The van der Waals surface area contributed by atoms with Crippen molar-refractivity contribution in [1.29, 1.82) is 0 Å². The third-order valence-corrected chi connectivity index (χ3v) is 2.88. The molecule has 3 N–H and O–H groups in total. The summed E-state index contributed by atoms with van der Waals surface area (Å²) in [4.78, 5) is 13.5. The van der Waals surface area contributed by atoms with E-state index in [2.05, 4.69) is 15.9 Å². The van der Waals surface area contributed by atoms with Crippen molar-refractivity contribution in [2.75, 3.05) is 13.1 Å². The van der Waals surface area contributed by atoms with E-state index in [1.807, 2.05) is 0 Å². The fraction of sp³-hybridized carbons (Fsp3) is 0.300. The molecular formula is C10H11BrN2O2. The lowest BCUT2D eigenvalue weighted by Crippen LogP contribution is -2.57. The zero-order valence-corrected chi connectivity index (χ0v) is 9.57. The molecule has 1 fully saturated rings. The summed E-state index contributed by atoms with van der Waals surface area (Å²) in [6.45, 7) is 1.12. The van der Waals surface area contributed by atoms with Crippen molar-refractivity contribution in [1.82, 2.24) is 4.90 Å². The van der Waals surface area contributed by atoms with Crippen LogP contribution in [0.25, 0.3) is 0 Å². The largest absolute Gasteiger partial charge is 0.507 e. The summed E-state index contributed by atoms with van der Waals surface area (Å²) in [7, 11) is 0. The number of benzene rings is 1. The van der Waals surface area contributed by atoms with E-state index in [1.54, 1.807) is 17.0 Å². The lowest BCUT2D eigenvalue weighted by atomic mass is 10.1. The van der Waals surface area contributed by atoms with E-state index in [0.29, 0.717) is 18.7 Å². The molecule has 1 heterocycles. The predicted octanol–water partition coefficient (Wildman–Crippen LogP) is 0.938. The van der Waals surface area contributed by atoms with Crippen molar-refractivity contribution in [2.24, 2.45) is 5.73 Å². The number of hydrogen-bond donors (Lipinski definition) is 2. The molecule has 2 rings (SSSR count). The Kier molecular flexibility index (Phi) is 2.67. The molecular weight excluding hydrogens is 260 g/mol. The number of hydrogen-bond acceptors (Lipinski definition) is 3. The van der Waals surface area contributed by atoms with E-state index in [4.69, 9.17) is 5.73 Å². The van der Waals surface area contributed by atoms with Gasteiger partial charge in [-0.25, -0.2) is 0 Å². The highest BCUT2D eigenvalue weighted by Gasteiger charge is 2.29. The molecule has 0 spiro atoms. The van der Waals surface area contributed by atoms with Crippen LogP contribution in [0.5, 0.6) is 5.75 Å². The Morgan fingerprint density at radius 2 is 2.20 bits per heavy atom. The number of carbonyl (C=O) groups is 1. The number of halogens is 1. The van der Waals surface area contributed by atoms with Gasteiger partial charge in [-0.2, -0.15) is 0 Å². The third-order valence-electron chi connectivity index (χ3n) is 2.39. The number of amides is 1. The Labute approximate surface area is 95.8 Å². The van der Waals surface area contributed by atoms with E-state index >= 15 is 0 Å². The molecule has 5 heteroatoms. The van der Waals surface area contributed by atoms with Crippen LogP contribution in [-0.4, -0.2) is 35.0 Å². The number of nitrogens with zero attached hydrogens (tertiary/aromatic N) is 1. The van der Waals surface area contributed by atoms with Gasteiger partial charge in [0, 0.05) is 23.6 Å². The summed E-state index contributed by atoms with van der Waals surface area (Å²) in [6, 6.07) is 4.87. The van der Waals surface area contributed by atoms with E-state index in [0.717, 1.165) is 4.47 Å². The Hall–Kier alpha value is -1.07. The SMILES string of the molecule is NC1CN(C(=O)c2cc(Br)ccc2O)C1. The molecule has 1 amide bonds. The Morgan fingerprint density at radius 1 is 1.53 bits per heavy atom. The molecule has 0 atom stereocenters. The summed E-state index contributed by atoms with van der Waals surface area (Å²) < 4.78 is 0.772. The molecule has 0 bridgehead atoms. The van der Waals surface area contributed by atoms with Gasteiger partial charge in [0.2, 0.25) is 0 Å². The highest BCUT2D eigenvalue weighted by atomic mass is 79.9. The van der Waals surface area contributed by atoms with Gasteiger partial charge in [-0.3, -0.25) is 4.79 Å². The number of aromatic hydroxyl groups is 1.